The number of hydrogen-bond acceptors (Lipinski definition) is 4. The maximum atomic E-state index is 12.9. The number of anilines is 1. The fourth-order valence-electron chi connectivity index (χ4n) is 3.12. The van der Waals surface area contributed by atoms with Gasteiger partial charge < -0.3 is 10.6 Å². The van der Waals surface area contributed by atoms with Gasteiger partial charge in [-0.3, -0.25) is 14.5 Å². The Kier molecular flexibility index (Phi) is 5.32. The highest BCUT2D eigenvalue weighted by atomic mass is 35.5. The molecule has 2 N–H and O–H groups in total. The number of urea groups is 1. The Balaban J connectivity index is 1.79. The first-order valence-electron chi connectivity index (χ1n) is 8.46. The summed E-state index contributed by atoms with van der Waals surface area (Å²) in [5.74, 6) is -0.996. The summed E-state index contributed by atoms with van der Waals surface area (Å²) in [6.45, 7) is 4.69. The van der Waals surface area contributed by atoms with E-state index < -0.39 is 29.9 Å². The minimum atomic E-state index is -1.24. The molecular formula is C19H18Cl2N4O3. The average Bonchev–Trinajstić information content (AvgIpc) is 2.86. The van der Waals surface area contributed by atoms with Gasteiger partial charge in [0, 0.05) is 6.20 Å². The molecule has 1 aromatic carbocycles. The van der Waals surface area contributed by atoms with Gasteiger partial charge in [-0.2, -0.15) is 0 Å². The van der Waals surface area contributed by atoms with Crippen molar-refractivity contribution in [2.75, 3.05) is 11.9 Å². The predicted octanol–water partition coefficient (Wildman–Crippen LogP) is 3.41. The number of nitrogens with one attached hydrogen (secondary N) is 2. The second-order valence-electron chi connectivity index (χ2n) is 6.70. The van der Waals surface area contributed by atoms with Crippen LogP contribution in [0.5, 0.6) is 0 Å². The Bertz CT molecular complexity index is 995. The van der Waals surface area contributed by atoms with Gasteiger partial charge >= 0.3 is 6.03 Å². The highest BCUT2D eigenvalue weighted by Crippen LogP contribution is 2.31. The van der Waals surface area contributed by atoms with Crippen LogP contribution in [0.2, 0.25) is 10.0 Å². The lowest BCUT2D eigenvalue weighted by Crippen LogP contribution is -2.42. The smallest absolute Gasteiger partial charge is 0.319 e. The van der Waals surface area contributed by atoms with E-state index in [-0.39, 0.29) is 10.8 Å². The highest BCUT2D eigenvalue weighted by Gasteiger charge is 2.50. The van der Waals surface area contributed by atoms with Gasteiger partial charge in [-0.1, -0.05) is 47.5 Å². The zero-order valence-electron chi connectivity index (χ0n) is 15.5. The Morgan fingerprint density at radius 1 is 1.25 bits per heavy atom. The molecule has 0 spiro atoms. The SMILES string of the molecule is Cc1ccccc1C1(C)NC(=O)N(CC(=O)Nc2ncc(Cl)c(C)c2Cl)C1=O. The predicted molar refractivity (Wildman–Crippen MR) is 106 cm³/mol. The number of carbonyl (C=O) groups is 3. The molecule has 146 valence electrons. The Morgan fingerprint density at radius 3 is 2.61 bits per heavy atom. The summed E-state index contributed by atoms with van der Waals surface area (Å²) in [4.78, 5) is 42.6. The quantitative estimate of drug-likeness (QED) is 0.741. The topological polar surface area (TPSA) is 91.4 Å². The first-order valence-corrected chi connectivity index (χ1v) is 9.21. The van der Waals surface area contributed by atoms with Gasteiger partial charge in [0.15, 0.2) is 5.82 Å². The second kappa shape index (κ2) is 7.41. The number of rotatable bonds is 4. The average molecular weight is 421 g/mol. The van der Waals surface area contributed by atoms with Gasteiger partial charge in [0.05, 0.1) is 10.0 Å². The zero-order chi connectivity index (χ0) is 20.6. The van der Waals surface area contributed by atoms with Crippen molar-refractivity contribution in [2.45, 2.75) is 26.3 Å². The standard InChI is InChI=1S/C19H18Cl2N4O3/c1-10-6-4-5-7-12(10)19(3)17(27)25(18(28)24-19)9-14(26)23-16-15(21)11(2)13(20)8-22-16/h4-8H,9H2,1-3H3,(H,24,28)(H,22,23,26). The maximum Gasteiger partial charge on any atom is 0.325 e. The number of nitrogens with zero attached hydrogens (tertiary/aromatic N) is 2. The van der Waals surface area contributed by atoms with Crippen LogP contribution in [0.15, 0.2) is 30.5 Å². The van der Waals surface area contributed by atoms with E-state index in [0.29, 0.717) is 16.1 Å². The van der Waals surface area contributed by atoms with Crippen molar-refractivity contribution in [3.8, 4) is 0 Å². The molecule has 4 amide bonds. The molecule has 1 fully saturated rings. The molecule has 0 bridgehead atoms. The molecule has 9 heteroatoms. The Labute approximate surface area is 172 Å². The van der Waals surface area contributed by atoms with Crippen molar-refractivity contribution in [1.29, 1.82) is 0 Å². The largest absolute Gasteiger partial charge is 0.325 e. The van der Waals surface area contributed by atoms with Crippen LogP contribution in [0.3, 0.4) is 0 Å². The Morgan fingerprint density at radius 2 is 1.93 bits per heavy atom. The lowest BCUT2D eigenvalue weighted by Gasteiger charge is -2.24. The van der Waals surface area contributed by atoms with Crippen LogP contribution in [0, 0.1) is 13.8 Å². The zero-order valence-corrected chi connectivity index (χ0v) is 17.0. The fourth-order valence-corrected chi connectivity index (χ4v) is 3.51. The third-order valence-corrected chi connectivity index (χ3v) is 5.56. The molecule has 1 saturated heterocycles. The first-order chi connectivity index (χ1) is 13.1. The molecule has 3 rings (SSSR count). The molecule has 1 aliphatic heterocycles. The Hall–Kier alpha value is -2.64. The molecule has 0 radical (unpaired) electrons. The molecule has 1 aromatic heterocycles. The number of aromatic nitrogens is 1. The molecular weight excluding hydrogens is 403 g/mol. The van der Waals surface area contributed by atoms with Crippen LogP contribution >= 0.6 is 23.2 Å². The van der Waals surface area contributed by atoms with Crippen molar-refractivity contribution in [3.63, 3.8) is 0 Å². The van der Waals surface area contributed by atoms with Crippen LogP contribution in [0.25, 0.3) is 0 Å². The number of carbonyl (C=O) groups excluding carboxylic acids is 3. The number of benzene rings is 1. The van der Waals surface area contributed by atoms with Crippen LogP contribution in [0.1, 0.15) is 23.6 Å². The number of pyridine rings is 1. The van der Waals surface area contributed by atoms with E-state index in [0.717, 1.165) is 10.5 Å². The molecule has 1 aliphatic rings. The van der Waals surface area contributed by atoms with Crippen molar-refractivity contribution >= 4 is 46.9 Å². The molecule has 2 heterocycles. The number of halogens is 2. The molecule has 1 unspecified atom stereocenters. The summed E-state index contributed by atoms with van der Waals surface area (Å²) in [7, 11) is 0. The summed E-state index contributed by atoms with van der Waals surface area (Å²) >= 11 is 12.1. The van der Waals surface area contributed by atoms with E-state index in [4.69, 9.17) is 23.2 Å². The second-order valence-corrected chi connectivity index (χ2v) is 7.49. The number of amides is 4. The van der Waals surface area contributed by atoms with Gasteiger partial charge in [0.1, 0.15) is 12.1 Å². The maximum absolute atomic E-state index is 12.9. The monoisotopic (exact) mass is 420 g/mol. The minimum Gasteiger partial charge on any atom is -0.319 e. The van der Waals surface area contributed by atoms with Crippen molar-refractivity contribution < 1.29 is 14.4 Å². The van der Waals surface area contributed by atoms with E-state index in [1.807, 2.05) is 19.1 Å². The van der Waals surface area contributed by atoms with Crippen LogP contribution in [-0.4, -0.2) is 34.3 Å². The van der Waals surface area contributed by atoms with Gasteiger partial charge in [0.2, 0.25) is 5.91 Å². The first kappa shape index (κ1) is 20.1. The molecule has 0 aliphatic carbocycles. The van der Waals surface area contributed by atoms with Crippen molar-refractivity contribution in [2.24, 2.45) is 0 Å². The number of aryl methyl sites for hydroxylation is 1. The molecule has 2 aromatic rings. The fraction of sp³-hybridized carbons (Fsp3) is 0.263. The highest BCUT2D eigenvalue weighted by molar-refractivity contribution is 6.37. The number of imide groups is 1. The van der Waals surface area contributed by atoms with E-state index in [1.165, 1.54) is 6.20 Å². The lowest BCUT2D eigenvalue weighted by atomic mass is 9.88. The molecule has 1 atom stereocenters. The van der Waals surface area contributed by atoms with E-state index in [1.54, 1.807) is 26.0 Å². The summed E-state index contributed by atoms with van der Waals surface area (Å²) in [6, 6.07) is 6.62. The van der Waals surface area contributed by atoms with Crippen molar-refractivity contribution in [3.05, 3.63) is 57.2 Å². The third-order valence-electron chi connectivity index (χ3n) is 4.72. The molecule has 7 nitrogen and oxygen atoms in total. The third kappa shape index (κ3) is 3.43. The van der Waals surface area contributed by atoms with E-state index in [9.17, 15) is 14.4 Å². The van der Waals surface area contributed by atoms with Gasteiger partial charge in [-0.05, 0) is 37.5 Å². The van der Waals surface area contributed by atoms with E-state index in [2.05, 4.69) is 15.6 Å². The van der Waals surface area contributed by atoms with Crippen LogP contribution < -0.4 is 10.6 Å². The summed E-state index contributed by atoms with van der Waals surface area (Å²) in [6.07, 6.45) is 1.36. The normalized spacial score (nSPS) is 19.0. The van der Waals surface area contributed by atoms with Crippen molar-refractivity contribution in [1.82, 2.24) is 15.2 Å². The van der Waals surface area contributed by atoms with Crippen LogP contribution in [-0.2, 0) is 15.1 Å². The van der Waals surface area contributed by atoms with Gasteiger partial charge in [0.25, 0.3) is 5.91 Å². The summed E-state index contributed by atoms with van der Waals surface area (Å²) < 4.78 is 0. The summed E-state index contributed by atoms with van der Waals surface area (Å²) in [5, 5.41) is 5.76. The summed E-state index contributed by atoms with van der Waals surface area (Å²) in [5.41, 5.74) is 0.859. The lowest BCUT2D eigenvalue weighted by molar-refractivity contribution is -0.133. The molecule has 0 saturated carbocycles. The molecule has 28 heavy (non-hydrogen) atoms. The van der Waals surface area contributed by atoms with Crippen LogP contribution in [0.4, 0.5) is 10.6 Å². The minimum absolute atomic E-state index is 0.113. The van der Waals surface area contributed by atoms with Gasteiger partial charge in [-0.15, -0.1) is 0 Å². The van der Waals surface area contributed by atoms with E-state index >= 15 is 0 Å². The van der Waals surface area contributed by atoms with Gasteiger partial charge in [-0.25, -0.2) is 9.78 Å². The number of hydrogen-bond donors (Lipinski definition) is 2.